The highest BCUT2D eigenvalue weighted by atomic mass is 35.5. The number of hydrogen-bond acceptors (Lipinski definition) is 13. The molecule has 2 aromatic carbocycles. The van der Waals surface area contributed by atoms with Crippen LogP contribution >= 0.6 is 11.6 Å². The van der Waals surface area contributed by atoms with Gasteiger partial charge in [-0.2, -0.15) is 0 Å². The number of aromatic nitrogens is 6. The second-order valence-electron chi connectivity index (χ2n) is 17.1. The van der Waals surface area contributed by atoms with Crippen LogP contribution < -0.4 is 39.1 Å². The maximum absolute atomic E-state index is 12.7. The molecule has 73 heavy (non-hydrogen) atoms. The molecule has 380 valence electrons. The molecule has 11 N–H and O–H groups in total. The lowest BCUT2D eigenvalue weighted by molar-refractivity contribution is -0.127. The van der Waals surface area contributed by atoms with Gasteiger partial charge in [-0.05, 0) is 128 Å². The Labute approximate surface area is 427 Å². The van der Waals surface area contributed by atoms with Crippen molar-refractivity contribution in [1.82, 2.24) is 39.5 Å². The van der Waals surface area contributed by atoms with Crippen LogP contribution in [0.3, 0.4) is 0 Å². The maximum Gasteiger partial charge on any atom is 0.269 e. The molecule has 8 rings (SSSR count). The van der Waals surface area contributed by atoms with Crippen LogP contribution in [0.2, 0.25) is 0 Å². The predicted octanol–water partition coefficient (Wildman–Crippen LogP) is 5.44. The number of halogens is 1. The molecule has 2 atom stereocenters. The van der Waals surface area contributed by atoms with Gasteiger partial charge in [-0.3, -0.25) is 28.8 Å². The molecule has 2 aliphatic rings. The van der Waals surface area contributed by atoms with Gasteiger partial charge in [-0.15, -0.1) is 0 Å². The van der Waals surface area contributed by atoms with Crippen molar-refractivity contribution in [3.05, 3.63) is 156 Å². The van der Waals surface area contributed by atoms with Gasteiger partial charge in [0.25, 0.3) is 23.6 Å². The van der Waals surface area contributed by atoms with Crippen LogP contribution in [-0.2, 0) is 22.4 Å². The zero-order valence-corrected chi connectivity index (χ0v) is 41.4. The number of anilines is 2. The molecular formula is C52H59ClN14O6. The first kappa shape index (κ1) is 53.9. The Kier molecular flexibility index (Phi) is 18.5. The largest absolute Gasteiger partial charge is 0.364 e. The van der Waals surface area contributed by atoms with Gasteiger partial charge in [0.05, 0.1) is 0 Å². The lowest BCUT2D eigenvalue weighted by Crippen LogP contribution is -2.39. The molecule has 0 saturated carbocycles. The fourth-order valence-corrected chi connectivity index (χ4v) is 8.40. The lowest BCUT2D eigenvalue weighted by atomic mass is 9.97. The minimum absolute atomic E-state index is 0.0648. The molecular weight excluding hydrogens is 952 g/mol. The molecule has 6 heterocycles. The summed E-state index contributed by atoms with van der Waals surface area (Å²) in [6.45, 7) is 13.5. The molecule has 5 amide bonds. The van der Waals surface area contributed by atoms with Crippen LogP contribution in [0.4, 0.5) is 11.6 Å². The summed E-state index contributed by atoms with van der Waals surface area (Å²) in [5.74, 6) is 12.4. The fraction of sp³-hybridized carbons (Fsp3) is 0.269. The zero-order valence-electron chi connectivity index (χ0n) is 40.6. The van der Waals surface area contributed by atoms with E-state index < -0.39 is 17.1 Å². The summed E-state index contributed by atoms with van der Waals surface area (Å²) in [6.07, 6.45) is 10.8. The Morgan fingerprint density at radius 1 is 0.699 bits per heavy atom. The average molecular weight is 1010 g/mol. The zero-order chi connectivity index (χ0) is 52.8. The van der Waals surface area contributed by atoms with Crippen LogP contribution in [0.1, 0.15) is 116 Å². The minimum Gasteiger partial charge on any atom is -0.364 e. The molecule has 2 aliphatic heterocycles. The highest BCUT2D eigenvalue weighted by Gasteiger charge is 2.31. The number of piperidine rings is 2. The van der Waals surface area contributed by atoms with Gasteiger partial charge in [0.2, 0.25) is 11.1 Å². The van der Waals surface area contributed by atoms with Crippen LogP contribution in [-0.4, -0.2) is 95.1 Å². The van der Waals surface area contributed by atoms with Gasteiger partial charge >= 0.3 is 0 Å². The Hall–Kier alpha value is -8.49. The number of nitrogen functional groups attached to an aromatic ring is 2. The number of nitrogens with zero attached hydrogens (tertiary/aromatic N) is 7. The predicted molar refractivity (Wildman–Crippen MR) is 280 cm³/mol. The van der Waals surface area contributed by atoms with E-state index >= 15 is 0 Å². The van der Waals surface area contributed by atoms with Gasteiger partial charge in [0.15, 0.2) is 11.4 Å². The number of aryl methyl sites for hydroxylation is 2. The Morgan fingerprint density at radius 3 is 1.55 bits per heavy atom. The minimum atomic E-state index is -0.718. The smallest absolute Gasteiger partial charge is 0.269 e. The molecule has 20 nitrogen and oxygen atoms in total. The van der Waals surface area contributed by atoms with E-state index in [2.05, 4.69) is 49.0 Å². The molecule has 0 aliphatic carbocycles. The number of rotatable bonds is 14. The van der Waals surface area contributed by atoms with Crippen molar-refractivity contribution in [2.45, 2.75) is 64.2 Å². The van der Waals surface area contributed by atoms with Gasteiger partial charge in [0, 0.05) is 66.1 Å². The molecule has 2 saturated heterocycles. The average Bonchev–Trinajstić information content (AvgIpc) is 3.95. The highest BCUT2D eigenvalue weighted by Crippen LogP contribution is 2.32. The number of carbonyl (C=O) groups excluding carboxylic acids is 6. The number of likely N-dealkylation sites (tertiary alicyclic amines) is 1. The topological polar surface area (TPSA) is 307 Å². The SMILES string of the molecule is C=CC(=O)Cl.C=CC(=O)N1CCC[C@@H](c2nc(-c3ccc(C(=O)Nc4cc(CC)ccn4)cc3)c(C(N)=O)n2N)C1.CCc1ccnc(NC(=O)c2ccc(-c3nc([C@@H]4CCCNC4)n(N)c3C(N)=O)cc2)c1. The summed E-state index contributed by atoms with van der Waals surface area (Å²) in [6, 6.07) is 21.0. The Morgan fingerprint density at radius 2 is 1.15 bits per heavy atom. The molecule has 0 spiro atoms. The normalized spacial score (nSPS) is 15.0. The molecule has 0 radical (unpaired) electrons. The number of imidazole rings is 2. The van der Waals surface area contributed by atoms with Crippen molar-refractivity contribution in [2.75, 3.05) is 48.5 Å². The number of nitrogens with one attached hydrogen (secondary N) is 3. The van der Waals surface area contributed by atoms with E-state index in [-0.39, 0.29) is 40.9 Å². The third kappa shape index (κ3) is 13.5. The Balaban J connectivity index is 0.000000219. The molecule has 2 fully saturated rings. The number of amides is 5. The van der Waals surface area contributed by atoms with E-state index in [0.717, 1.165) is 68.8 Å². The summed E-state index contributed by atoms with van der Waals surface area (Å²) in [5.41, 5.74) is 16.5. The van der Waals surface area contributed by atoms with Gasteiger partial charge < -0.3 is 44.0 Å². The van der Waals surface area contributed by atoms with E-state index in [4.69, 9.17) is 34.8 Å². The second kappa shape index (κ2) is 25.1. The summed E-state index contributed by atoms with van der Waals surface area (Å²) in [4.78, 5) is 90.7. The third-order valence-electron chi connectivity index (χ3n) is 12.2. The number of hydrogen-bond donors (Lipinski definition) is 7. The fourth-order valence-electron chi connectivity index (χ4n) is 8.40. The van der Waals surface area contributed by atoms with Crippen molar-refractivity contribution in [1.29, 1.82) is 0 Å². The summed E-state index contributed by atoms with van der Waals surface area (Å²) >= 11 is 4.71. The van der Waals surface area contributed by atoms with Crippen LogP contribution in [0, 0.1) is 0 Å². The van der Waals surface area contributed by atoms with Crippen LogP contribution in [0.15, 0.2) is 111 Å². The monoisotopic (exact) mass is 1010 g/mol. The van der Waals surface area contributed by atoms with E-state index in [0.29, 0.717) is 70.0 Å². The number of benzene rings is 2. The first-order valence-corrected chi connectivity index (χ1v) is 24.0. The van der Waals surface area contributed by atoms with Crippen LogP contribution in [0.25, 0.3) is 22.5 Å². The summed E-state index contributed by atoms with van der Waals surface area (Å²) in [7, 11) is 0. The van der Waals surface area contributed by atoms with Crippen molar-refractivity contribution in [2.24, 2.45) is 11.5 Å². The van der Waals surface area contributed by atoms with Crippen molar-refractivity contribution in [3.8, 4) is 22.5 Å². The number of primary amides is 2. The summed E-state index contributed by atoms with van der Waals surface area (Å²) < 4.78 is 2.53. The van der Waals surface area contributed by atoms with Crippen LogP contribution in [0.5, 0.6) is 0 Å². The molecule has 0 unspecified atom stereocenters. The van der Waals surface area contributed by atoms with E-state index in [1.807, 2.05) is 38.1 Å². The van der Waals surface area contributed by atoms with Gasteiger partial charge in [-0.1, -0.05) is 51.3 Å². The summed E-state index contributed by atoms with van der Waals surface area (Å²) in [5, 5.41) is 8.42. The second-order valence-corrected chi connectivity index (χ2v) is 17.4. The lowest BCUT2D eigenvalue weighted by Gasteiger charge is -2.31. The third-order valence-corrected chi connectivity index (χ3v) is 12.4. The van der Waals surface area contributed by atoms with E-state index in [9.17, 15) is 28.8 Å². The molecule has 4 aromatic heterocycles. The number of allylic oxidation sites excluding steroid dienone is 1. The highest BCUT2D eigenvalue weighted by molar-refractivity contribution is 6.66. The first-order valence-electron chi connectivity index (χ1n) is 23.6. The first-order chi connectivity index (χ1) is 35.1. The standard InChI is InChI=1S/C26H29N7O3.C23H27N7O2.C3H3ClO/c1-3-16-11-12-29-20(14-16)30-26(36)18-9-7-17(8-10-18)22-23(24(27)35)33(28)25(31-22)19-6-5-13-32(15-19)21(34)4-2;1-2-14-9-11-27-18(12-14)28-23(32)16-7-5-15(6-8-16)19-20(21(24)31)30(25)22(29-19)17-4-3-10-26-13-17;1-2-3(4)5/h4,7-12,14,19H,2-3,5-6,13,15,28H2,1H3,(H2,27,35)(H,29,30,36);5-9,11-12,17,26H,2-4,10,13,25H2,1H3,(H2,24,31)(H,27,28,32);2H,1H2/t19-;17-;/m11./s1. The molecule has 0 bridgehead atoms. The Bertz CT molecular complexity index is 3000. The quantitative estimate of drug-likeness (QED) is 0.0407. The number of nitrogens with two attached hydrogens (primary N) is 4. The van der Waals surface area contributed by atoms with Crippen molar-refractivity contribution >= 4 is 58.0 Å². The van der Waals surface area contributed by atoms with E-state index in [1.165, 1.54) is 15.4 Å². The van der Waals surface area contributed by atoms with E-state index in [1.54, 1.807) is 65.8 Å². The van der Waals surface area contributed by atoms with Gasteiger partial charge in [0.1, 0.15) is 34.7 Å². The van der Waals surface area contributed by atoms with Gasteiger partial charge in [-0.25, -0.2) is 29.3 Å². The van der Waals surface area contributed by atoms with Crippen molar-refractivity contribution in [3.63, 3.8) is 0 Å². The number of carbonyl (C=O) groups is 6. The maximum atomic E-state index is 12.7. The molecule has 21 heteroatoms. The van der Waals surface area contributed by atoms with Crippen molar-refractivity contribution < 1.29 is 28.8 Å². The number of pyridine rings is 2. The molecule has 6 aromatic rings.